The number of hydrogen-bond donors (Lipinski definition) is 2. The minimum Gasteiger partial charge on any atom is -0.475 e. The van der Waals surface area contributed by atoms with Crippen LogP contribution in [0.3, 0.4) is 0 Å². The minimum atomic E-state index is -5.08. The number of halogens is 6. The van der Waals surface area contributed by atoms with Crippen molar-refractivity contribution in [1.29, 1.82) is 0 Å². The number of fused-ring (bicyclic) bond motifs is 2. The lowest BCUT2D eigenvalue weighted by Gasteiger charge is -2.50. The highest BCUT2D eigenvalue weighted by Crippen LogP contribution is 2.42. The molecule has 0 aliphatic carbocycles. The van der Waals surface area contributed by atoms with Crippen LogP contribution in [0.15, 0.2) is 41.6 Å². The van der Waals surface area contributed by atoms with Gasteiger partial charge in [-0.05, 0) is 18.9 Å². The van der Waals surface area contributed by atoms with E-state index in [0.717, 1.165) is 56.1 Å². The van der Waals surface area contributed by atoms with Gasteiger partial charge < -0.3 is 24.1 Å². The molecule has 12 nitrogen and oxygen atoms in total. The first-order chi connectivity index (χ1) is 20.0. The quantitative estimate of drug-likeness (QED) is 0.419. The topological polar surface area (TPSA) is 147 Å². The Hall–Kier alpha value is -4.35. The molecule has 0 radical (unpaired) electrons. The zero-order valence-corrected chi connectivity index (χ0v) is 22.9. The smallest absolute Gasteiger partial charge is 0.475 e. The van der Waals surface area contributed by atoms with Crippen LogP contribution in [0.5, 0.6) is 0 Å². The van der Waals surface area contributed by atoms with Gasteiger partial charge in [-0.25, -0.2) is 14.6 Å². The number of nitrogens with zero attached hydrogens (tertiary/aromatic N) is 6. The van der Waals surface area contributed by atoms with E-state index in [2.05, 4.69) is 19.5 Å². The molecule has 1 spiro atoms. The number of hydrogen-bond acceptors (Lipinski definition) is 7. The predicted octanol–water partition coefficient (Wildman–Crippen LogP) is 3.50. The van der Waals surface area contributed by atoms with Crippen molar-refractivity contribution in [1.82, 2.24) is 29.1 Å². The predicted molar refractivity (Wildman–Crippen MR) is 134 cm³/mol. The molecular formula is C25H28F6N6O6. The van der Waals surface area contributed by atoms with Gasteiger partial charge in [0.05, 0.1) is 30.6 Å². The highest BCUT2D eigenvalue weighted by molar-refractivity contribution is 5.75. The molecule has 5 heterocycles. The van der Waals surface area contributed by atoms with Crippen LogP contribution in [0.2, 0.25) is 0 Å². The summed E-state index contributed by atoms with van der Waals surface area (Å²) in [5, 5.41) is 18.6. The van der Waals surface area contributed by atoms with Gasteiger partial charge in [0.1, 0.15) is 11.4 Å². The third-order valence-electron chi connectivity index (χ3n) is 6.87. The van der Waals surface area contributed by atoms with Crippen molar-refractivity contribution in [2.75, 3.05) is 19.6 Å². The van der Waals surface area contributed by atoms with Crippen LogP contribution in [0.1, 0.15) is 31.2 Å². The van der Waals surface area contributed by atoms with Crippen molar-refractivity contribution in [2.24, 2.45) is 7.05 Å². The summed E-state index contributed by atoms with van der Waals surface area (Å²) in [6, 6.07) is 2.01. The first-order valence-electron chi connectivity index (χ1n) is 12.6. The second-order valence-corrected chi connectivity index (χ2v) is 9.74. The molecule has 0 atom stereocenters. The number of alkyl halides is 6. The van der Waals surface area contributed by atoms with E-state index in [0.29, 0.717) is 6.54 Å². The van der Waals surface area contributed by atoms with Crippen LogP contribution in [-0.4, -0.2) is 89.2 Å². The number of furan rings is 1. The second-order valence-electron chi connectivity index (χ2n) is 9.74. The van der Waals surface area contributed by atoms with E-state index in [9.17, 15) is 31.1 Å². The van der Waals surface area contributed by atoms with Crippen molar-refractivity contribution in [3.8, 4) is 11.3 Å². The molecule has 1 saturated heterocycles. The second kappa shape index (κ2) is 12.9. The number of carbonyl (C=O) groups excluding carboxylic acids is 1. The Morgan fingerprint density at radius 2 is 1.56 bits per heavy atom. The largest absolute Gasteiger partial charge is 0.490 e. The van der Waals surface area contributed by atoms with Gasteiger partial charge >= 0.3 is 24.3 Å². The lowest BCUT2D eigenvalue weighted by Crippen LogP contribution is -2.59. The summed E-state index contributed by atoms with van der Waals surface area (Å²) in [6.45, 7) is 5.88. The van der Waals surface area contributed by atoms with Gasteiger partial charge in [-0.15, -0.1) is 0 Å². The molecule has 2 aliphatic heterocycles. The van der Waals surface area contributed by atoms with Gasteiger partial charge in [0.2, 0.25) is 5.91 Å². The van der Waals surface area contributed by atoms with Crippen molar-refractivity contribution in [2.45, 2.75) is 50.7 Å². The molecule has 1 fully saturated rings. The molecule has 0 bridgehead atoms. The number of piperidine rings is 1. The zero-order valence-electron chi connectivity index (χ0n) is 22.9. The van der Waals surface area contributed by atoms with Crippen LogP contribution < -0.4 is 0 Å². The Kier molecular flexibility index (Phi) is 9.93. The number of rotatable bonds is 3. The van der Waals surface area contributed by atoms with E-state index in [-0.39, 0.29) is 11.4 Å². The van der Waals surface area contributed by atoms with E-state index >= 15 is 0 Å². The number of carboxylic acids is 2. The molecule has 0 aromatic carbocycles. The van der Waals surface area contributed by atoms with Crippen molar-refractivity contribution >= 4 is 17.8 Å². The minimum absolute atomic E-state index is 0.130. The number of aromatic nitrogens is 4. The standard InChI is InChI=1S/C21H26N6O2.2C2HF3O2/c1-16(28)27-9-8-26-19(18-11-23-24(2)14-18)12-22-20(26)21(27)4-6-25(7-5-21)13-17-3-10-29-15-17;2*3-2(4,5)1(6)7/h3,10-12,14-15H,4-9,13H2,1-2H3;2*(H,6,7). The summed E-state index contributed by atoms with van der Waals surface area (Å²) in [7, 11) is 1.92. The van der Waals surface area contributed by atoms with Gasteiger partial charge in [-0.3, -0.25) is 14.4 Å². The summed E-state index contributed by atoms with van der Waals surface area (Å²) in [6.07, 6.45) is 0.955. The highest BCUT2D eigenvalue weighted by Gasteiger charge is 2.48. The molecular weight excluding hydrogens is 594 g/mol. The van der Waals surface area contributed by atoms with Crippen molar-refractivity contribution in [3.05, 3.63) is 48.6 Å². The third kappa shape index (κ3) is 7.94. The van der Waals surface area contributed by atoms with Gasteiger partial charge in [0, 0.05) is 64.0 Å². The van der Waals surface area contributed by atoms with E-state index in [4.69, 9.17) is 29.2 Å². The number of carboxylic acid groups (broad SMARTS) is 2. The lowest BCUT2D eigenvalue weighted by atomic mass is 9.83. The number of aliphatic carboxylic acids is 2. The Morgan fingerprint density at radius 3 is 2.00 bits per heavy atom. The fourth-order valence-corrected chi connectivity index (χ4v) is 4.97. The number of carbonyl (C=O) groups is 3. The summed E-state index contributed by atoms with van der Waals surface area (Å²) in [5.41, 5.74) is 3.00. The molecule has 43 heavy (non-hydrogen) atoms. The van der Waals surface area contributed by atoms with Crippen molar-refractivity contribution in [3.63, 3.8) is 0 Å². The number of amides is 1. The Morgan fingerprint density at radius 1 is 0.977 bits per heavy atom. The highest BCUT2D eigenvalue weighted by atomic mass is 19.4. The number of imidazole rings is 1. The number of aryl methyl sites for hydroxylation is 1. The maximum Gasteiger partial charge on any atom is 0.490 e. The van der Waals surface area contributed by atoms with Gasteiger partial charge in [0.25, 0.3) is 0 Å². The molecule has 2 N–H and O–H groups in total. The summed E-state index contributed by atoms with van der Waals surface area (Å²) in [5.74, 6) is -4.37. The van der Waals surface area contributed by atoms with Crippen LogP contribution in [-0.2, 0) is 40.1 Å². The maximum atomic E-state index is 12.5. The van der Waals surface area contributed by atoms with E-state index in [1.54, 1.807) is 19.5 Å². The molecule has 0 unspecified atom stereocenters. The average Bonchev–Trinajstić information content (AvgIpc) is 3.66. The van der Waals surface area contributed by atoms with E-state index in [1.165, 1.54) is 5.56 Å². The van der Waals surface area contributed by atoms with Gasteiger partial charge in [0.15, 0.2) is 0 Å². The van der Waals surface area contributed by atoms with Crippen LogP contribution in [0.25, 0.3) is 11.3 Å². The molecule has 3 aromatic rings. The average molecular weight is 623 g/mol. The van der Waals surface area contributed by atoms with Crippen LogP contribution >= 0.6 is 0 Å². The lowest BCUT2D eigenvalue weighted by molar-refractivity contribution is -0.193. The SMILES string of the molecule is CC(=O)N1CCn2c(-c3cnn(C)c3)cnc2C12CCN(Cc1ccoc1)CC2.O=C(O)C(F)(F)F.O=C(O)C(F)(F)F. The summed E-state index contributed by atoms with van der Waals surface area (Å²) in [4.78, 5) is 39.7. The molecule has 1 amide bonds. The van der Waals surface area contributed by atoms with Crippen LogP contribution in [0, 0.1) is 0 Å². The van der Waals surface area contributed by atoms with Gasteiger partial charge in [-0.2, -0.15) is 31.4 Å². The molecule has 18 heteroatoms. The van der Waals surface area contributed by atoms with Crippen molar-refractivity contribution < 1.29 is 55.4 Å². The molecule has 3 aromatic heterocycles. The van der Waals surface area contributed by atoms with Gasteiger partial charge in [-0.1, -0.05) is 0 Å². The number of likely N-dealkylation sites (tertiary alicyclic amines) is 1. The molecule has 236 valence electrons. The Labute approximate surface area is 240 Å². The Balaban J connectivity index is 0.000000303. The zero-order chi connectivity index (χ0) is 32.2. The van der Waals surface area contributed by atoms with E-state index < -0.39 is 24.3 Å². The van der Waals surface area contributed by atoms with Crippen LogP contribution in [0.4, 0.5) is 26.3 Å². The fraction of sp³-hybridized carbons (Fsp3) is 0.480. The van der Waals surface area contributed by atoms with E-state index in [1.807, 2.05) is 36.4 Å². The summed E-state index contributed by atoms with van der Waals surface area (Å²) >= 11 is 0. The first kappa shape index (κ1) is 33.2. The molecule has 0 saturated carbocycles. The monoisotopic (exact) mass is 622 g/mol. The maximum absolute atomic E-state index is 12.5. The molecule has 2 aliphatic rings. The normalized spacial score (nSPS) is 16.4. The Bertz CT molecular complexity index is 1380. The first-order valence-corrected chi connectivity index (χ1v) is 12.6. The third-order valence-corrected chi connectivity index (χ3v) is 6.87. The summed E-state index contributed by atoms with van der Waals surface area (Å²) < 4.78 is 72.8. The fourth-order valence-electron chi connectivity index (χ4n) is 4.97. The molecule has 5 rings (SSSR count).